The Hall–Kier alpha value is -1.40. The van der Waals surface area contributed by atoms with Crippen LogP contribution in [-0.4, -0.2) is 50.5 Å². The highest BCUT2D eigenvalue weighted by atomic mass is 16.5. The van der Waals surface area contributed by atoms with Gasteiger partial charge in [0.1, 0.15) is 5.82 Å². The van der Waals surface area contributed by atoms with Crippen LogP contribution in [0.4, 0.5) is 0 Å². The summed E-state index contributed by atoms with van der Waals surface area (Å²) in [5, 5.41) is 3.32. The van der Waals surface area contributed by atoms with Gasteiger partial charge in [0.25, 0.3) is 0 Å². The number of ether oxygens (including phenoxy) is 3. The molecule has 1 atom stereocenters. The first-order valence-electron chi connectivity index (χ1n) is 5.91. The molecule has 0 aliphatic heterocycles. The summed E-state index contributed by atoms with van der Waals surface area (Å²) in [5.41, 5.74) is 0. The van der Waals surface area contributed by atoms with Gasteiger partial charge in [-0.05, 0) is 6.54 Å². The van der Waals surface area contributed by atoms with Gasteiger partial charge in [0.15, 0.2) is 0 Å². The molecule has 1 rings (SSSR count). The molecule has 0 bridgehead atoms. The molecule has 0 saturated carbocycles. The van der Waals surface area contributed by atoms with Crippen molar-refractivity contribution in [1.29, 1.82) is 0 Å². The third-order valence-electron chi connectivity index (χ3n) is 2.43. The van der Waals surface area contributed by atoms with Crippen molar-refractivity contribution in [2.45, 2.75) is 19.4 Å². The van der Waals surface area contributed by atoms with E-state index in [2.05, 4.69) is 22.2 Å². The van der Waals surface area contributed by atoms with Crippen LogP contribution in [0.15, 0.2) is 6.07 Å². The monoisotopic (exact) mass is 255 g/mol. The van der Waals surface area contributed by atoms with Crippen LogP contribution in [0.25, 0.3) is 0 Å². The Morgan fingerprint density at radius 2 is 1.78 bits per heavy atom. The number of rotatable bonds is 8. The third kappa shape index (κ3) is 4.46. The smallest absolute Gasteiger partial charge is 0.220 e. The molecule has 1 unspecified atom stereocenters. The maximum absolute atomic E-state index is 5.16. The minimum Gasteiger partial charge on any atom is -0.481 e. The van der Waals surface area contributed by atoms with Gasteiger partial charge in [-0.25, -0.2) is 0 Å². The second-order valence-electron chi connectivity index (χ2n) is 3.78. The summed E-state index contributed by atoms with van der Waals surface area (Å²) in [4.78, 5) is 8.59. The van der Waals surface area contributed by atoms with Crippen LogP contribution in [0.2, 0.25) is 0 Å². The van der Waals surface area contributed by atoms with Crippen molar-refractivity contribution < 1.29 is 14.2 Å². The topological polar surface area (TPSA) is 65.5 Å². The van der Waals surface area contributed by atoms with Crippen molar-refractivity contribution >= 4 is 0 Å². The SMILES string of the molecule is CCNC(COC)Cc1nc(OC)cc(OC)n1. The van der Waals surface area contributed by atoms with Gasteiger partial charge in [0.05, 0.1) is 26.9 Å². The van der Waals surface area contributed by atoms with Crippen LogP contribution >= 0.6 is 0 Å². The minimum absolute atomic E-state index is 0.178. The van der Waals surface area contributed by atoms with Crippen molar-refractivity contribution in [3.05, 3.63) is 11.9 Å². The maximum Gasteiger partial charge on any atom is 0.220 e. The molecule has 1 aromatic rings. The number of likely N-dealkylation sites (N-methyl/N-ethyl adjacent to an activating group) is 1. The first kappa shape index (κ1) is 14.7. The van der Waals surface area contributed by atoms with Gasteiger partial charge in [-0.2, -0.15) is 9.97 Å². The lowest BCUT2D eigenvalue weighted by atomic mass is 10.2. The predicted molar refractivity (Wildman–Crippen MR) is 68.2 cm³/mol. The summed E-state index contributed by atoms with van der Waals surface area (Å²) >= 11 is 0. The van der Waals surface area contributed by atoms with E-state index in [9.17, 15) is 0 Å². The first-order chi connectivity index (χ1) is 8.73. The number of nitrogens with one attached hydrogen (secondary N) is 1. The van der Waals surface area contributed by atoms with Crippen LogP contribution in [0.5, 0.6) is 11.8 Å². The lowest BCUT2D eigenvalue weighted by Crippen LogP contribution is -2.35. The van der Waals surface area contributed by atoms with Crippen LogP contribution in [-0.2, 0) is 11.2 Å². The number of hydrogen-bond acceptors (Lipinski definition) is 6. The molecule has 102 valence electrons. The van der Waals surface area contributed by atoms with Gasteiger partial charge < -0.3 is 19.5 Å². The summed E-state index contributed by atoms with van der Waals surface area (Å²) in [6, 6.07) is 1.83. The van der Waals surface area contributed by atoms with Gasteiger partial charge >= 0.3 is 0 Å². The Bertz CT molecular complexity index is 332. The summed E-state index contributed by atoms with van der Waals surface area (Å²) in [6.07, 6.45) is 0.662. The van der Waals surface area contributed by atoms with E-state index in [0.717, 1.165) is 6.54 Å². The molecule has 1 aromatic heterocycles. The lowest BCUT2D eigenvalue weighted by molar-refractivity contribution is 0.166. The summed E-state index contributed by atoms with van der Waals surface area (Å²) in [5.74, 6) is 1.68. The zero-order valence-electron chi connectivity index (χ0n) is 11.4. The molecule has 0 saturated heterocycles. The average molecular weight is 255 g/mol. The van der Waals surface area contributed by atoms with E-state index >= 15 is 0 Å². The fourth-order valence-corrected chi connectivity index (χ4v) is 1.65. The molecule has 0 amide bonds. The molecule has 1 heterocycles. The second kappa shape index (κ2) is 7.84. The molecule has 1 N–H and O–H groups in total. The third-order valence-corrected chi connectivity index (χ3v) is 2.43. The Labute approximate surface area is 108 Å². The van der Waals surface area contributed by atoms with E-state index in [-0.39, 0.29) is 6.04 Å². The Morgan fingerprint density at radius 1 is 1.17 bits per heavy atom. The van der Waals surface area contributed by atoms with Crippen molar-refractivity contribution in [3.8, 4) is 11.8 Å². The molecular formula is C12H21N3O3. The molecule has 0 spiro atoms. The zero-order valence-corrected chi connectivity index (χ0v) is 11.4. The van der Waals surface area contributed by atoms with Crippen LogP contribution in [0.1, 0.15) is 12.7 Å². The van der Waals surface area contributed by atoms with Crippen molar-refractivity contribution in [3.63, 3.8) is 0 Å². The molecule has 0 radical (unpaired) electrons. The largest absolute Gasteiger partial charge is 0.481 e. The second-order valence-corrected chi connectivity index (χ2v) is 3.78. The van der Waals surface area contributed by atoms with Gasteiger partial charge in [0.2, 0.25) is 11.8 Å². The molecule has 0 aliphatic rings. The molecular weight excluding hydrogens is 234 g/mol. The maximum atomic E-state index is 5.16. The number of methoxy groups -OCH3 is 3. The van der Waals surface area contributed by atoms with Crippen molar-refractivity contribution in [2.24, 2.45) is 0 Å². The fourth-order valence-electron chi connectivity index (χ4n) is 1.65. The number of aromatic nitrogens is 2. The Kier molecular flexibility index (Phi) is 6.38. The Morgan fingerprint density at radius 3 is 2.22 bits per heavy atom. The first-order valence-corrected chi connectivity index (χ1v) is 5.91. The summed E-state index contributed by atoms with van der Waals surface area (Å²) < 4.78 is 15.4. The predicted octanol–water partition coefficient (Wildman–Crippen LogP) is 0.661. The van der Waals surface area contributed by atoms with Crippen LogP contribution < -0.4 is 14.8 Å². The van der Waals surface area contributed by atoms with Crippen molar-refractivity contribution in [1.82, 2.24) is 15.3 Å². The average Bonchev–Trinajstić information content (AvgIpc) is 2.38. The van der Waals surface area contributed by atoms with Crippen LogP contribution in [0, 0.1) is 0 Å². The highest BCUT2D eigenvalue weighted by molar-refractivity contribution is 5.21. The van der Waals surface area contributed by atoms with E-state index in [1.165, 1.54) is 0 Å². The van der Waals surface area contributed by atoms with E-state index < -0.39 is 0 Å². The summed E-state index contributed by atoms with van der Waals surface area (Å²) in [6.45, 7) is 3.53. The standard InChI is InChI=1S/C12H21N3O3/c1-5-13-9(8-16-2)6-10-14-11(17-3)7-12(15-10)18-4/h7,9,13H,5-6,8H2,1-4H3. The van der Waals surface area contributed by atoms with Gasteiger partial charge in [-0.1, -0.05) is 6.92 Å². The lowest BCUT2D eigenvalue weighted by Gasteiger charge is -2.16. The molecule has 0 aromatic carbocycles. The number of nitrogens with zero attached hydrogens (tertiary/aromatic N) is 2. The molecule has 6 nitrogen and oxygen atoms in total. The fraction of sp³-hybridized carbons (Fsp3) is 0.667. The van der Waals surface area contributed by atoms with Gasteiger partial charge in [-0.15, -0.1) is 0 Å². The summed E-state index contributed by atoms with van der Waals surface area (Å²) in [7, 11) is 4.82. The molecule has 6 heteroatoms. The van der Waals surface area contributed by atoms with Crippen LogP contribution in [0.3, 0.4) is 0 Å². The van der Waals surface area contributed by atoms with E-state index in [0.29, 0.717) is 30.6 Å². The van der Waals surface area contributed by atoms with E-state index in [1.54, 1.807) is 27.4 Å². The van der Waals surface area contributed by atoms with E-state index in [1.807, 2.05) is 0 Å². The molecule has 0 aliphatic carbocycles. The van der Waals surface area contributed by atoms with Gasteiger partial charge in [0, 0.05) is 19.6 Å². The quantitative estimate of drug-likeness (QED) is 0.736. The normalized spacial score (nSPS) is 12.2. The van der Waals surface area contributed by atoms with E-state index in [4.69, 9.17) is 14.2 Å². The number of hydrogen-bond donors (Lipinski definition) is 1. The zero-order chi connectivity index (χ0) is 13.4. The highest BCUT2D eigenvalue weighted by Gasteiger charge is 2.12. The van der Waals surface area contributed by atoms with Gasteiger partial charge in [-0.3, -0.25) is 0 Å². The minimum atomic E-state index is 0.178. The Balaban J connectivity index is 2.80. The molecule has 0 fully saturated rings. The highest BCUT2D eigenvalue weighted by Crippen LogP contribution is 2.15. The molecule has 18 heavy (non-hydrogen) atoms. The van der Waals surface area contributed by atoms with Crippen molar-refractivity contribution in [2.75, 3.05) is 34.5 Å².